The summed E-state index contributed by atoms with van der Waals surface area (Å²) in [6.07, 6.45) is 2.09. The van der Waals surface area contributed by atoms with Crippen molar-refractivity contribution in [2.24, 2.45) is 0 Å². The summed E-state index contributed by atoms with van der Waals surface area (Å²) in [6.45, 7) is 10.8. The molecule has 29 heavy (non-hydrogen) atoms. The predicted octanol–water partition coefficient (Wildman–Crippen LogP) is 7.01. The Morgan fingerprint density at radius 2 is 1.90 bits per heavy atom. The van der Waals surface area contributed by atoms with E-state index in [4.69, 9.17) is 4.74 Å². The number of nitriles is 1. The van der Waals surface area contributed by atoms with Crippen LogP contribution in [0.1, 0.15) is 69.2 Å². The Kier molecular flexibility index (Phi) is 6.27. The lowest BCUT2D eigenvalue weighted by atomic mass is 9.94. The number of benzene rings is 2. The van der Waals surface area contributed by atoms with Gasteiger partial charge < -0.3 is 9.30 Å². The first-order valence-electron chi connectivity index (χ1n) is 10.4. The highest BCUT2D eigenvalue weighted by Crippen LogP contribution is 2.39. The number of ether oxygens (including phenoxy) is 1. The highest BCUT2D eigenvalue weighted by molar-refractivity contribution is 5.90. The number of nitrogens with zero attached hydrogens (tertiary/aromatic N) is 2. The third kappa shape index (κ3) is 4.00. The van der Waals surface area contributed by atoms with Gasteiger partial charge in [0.15, 0.2) is 0 Å². The lowest BCUT2D eigenvalue weighted by Gasteiger charge is -2.17. The van der Waals surface area contributed by atoms with E-state index in [1.807, 2.05) is 25.1 Å². The molecule has 0 aliphatic heterocycles. The maximum absolute atomic E-state index is 13.9. The van der Waals surface area contributed by atoms with Crippen LogP contribution in [0.15, 0.2) is 36.4 Å². The van der Waals surface area contributed by atoms with E-state index in [-0.39, 0.29) is 17.7 Å². The highest BCUT2D eigenvalue weighted by atomic mass is 19.1. The van der Waals surface area contributed by atoms with Crippen molar-refractivity contribution in [3.63, 3.8) is 0 Å². The molecule has 1 heterocycles. The second kappa shape index (κ2) is 8.69. The van der Waals surface area contributed by atoms with Gasteiger partial charge in [0, 0.05) is 16.8 Å². The Morgan fingerprint density at radius 1 is 1.14 bits per heavy atom. The van der Waals surface area contributed by atoms with Gasteiger partial charge in [0.25, 0.3) is 0 Å². The summed E-state index contributed by atoms with van der Waals surface area (Å²) < 4.78 is 22.0. The molecule has 0 amide bonds. The standard InChI is InChI=1S/C25H29FN2O/c1-6-7-12-29-20-9-11-23-21(14-20)24(18(5)15-27)25(16(2)3)28(23)19-8-10-22(26)17(4)13-19/h8-11,13-14,16,18H,6-7,12H2,1-5H3. The fourth-order valence-electron chi connectivity index (χ4n) is 3.87. The molecule has 1 unspecified atom stereocenters. The number of aryl methyl sites for hydroxylation is 1. The summed E-state index contributed by atoms with van der Waals surface area (Å²) in [4.78, 5) is 0. The summed E-state index contributed by atoms with van der Waals surface area (Å²) >= 11 is 0. The van der Waals surface area contributed by atoms with Crippen molar-refractivity contribution in [3.8, 4) is 17.5 Å². The molecule has 0 aliphatic rings. The smallest absolute Gasteiger partial charge is 0.126 e. The maximum Gasteiger partial charge on any atom is 0.126 e. The number of aromatic nitrogens is 1. The first kappa shape index (κ1) is 20.9. The Balaban J connectivity index is 2.30. The molecule has 1 atom stereocenters. The van der Waals surface area contributed by atoms with Crippen molar-refractivity contribution < 1.29 is 9.13 Å². The monoisotopic (exact) mass is 392 g/mol. The predicted molar refractivity (Wildman–Crippen MR) is 116 cm³/mol. The van der Waals surface area contributed by atoms with Gasteiger partial charge in [-0.3, -0.25) is 0 Å². The van der Waals surface area contributed by atoms with E-state index in [9.17, 15) is 9.65 Å². The van der Waals surface area contributed by atoms with Crippen LogP contribution in [0, 0.1) is 24.1 Å². The molecular weight excluding hydrogens is 363 g/mol. The summed E-state index contributed by atoms with van der Waals surface area (Å²) in [5.41, 5.74) is 4.65. The van der Waals surface area contributed by atoms with Gasteiger partial charge in [-0.2, -0.15) is 5.26 Å². The van der Waals surface area contributed by atoms with Crippen molar-refractivity contribution in [1.82, 2.24) is 4.57 Å². The van der Waals surface area contributed by atoms with Crippen molar-refractivity contribution >= 4 is 10.9 Å². The topological polar surface area (TPSA) is 37.9 Å². The lowest BCUT2D eigenvalue weighted by molar-refractivity contribution is 0.310. The zero-order valence-corrected chi connectivity index (χ0v) is 17.9. The molecule has 0 aliphatic carbocycles. The van der Waals surface area contributed by atoms with Crippen molar-refractivity contribution in [1.29, 1.82) is 5.26 Å². The van der Waals surface area contributed by atoms with Crippen LogP contribution in [0.25, 0.3) is 16.6 Å². The van der Waals surface area contributed by atoms with E-state index < -0.39 is 0 Å². The molecule has 0 spiro atoms. The molecule has 3 rings (SSSR count). The third-order valence-corrected chi connectivity index (χ3v) is 5.36. The molecule has 0 saturated carbocycles. The summed E-state index contributed by atoms with van der Waals surface area (Å²) in [5.74, 6) is 0.542. The molecule has 152 valence electrons. The van der Waals surface area contributed by atoms with Crippen LogP contribution in [0.3, 0.4) is 0 Å². The fourth-order valence-corrected chi connectivity index (χ4v) is 3.87. The average Bonchev–Trinajstić information content (AvgIpc) is 3.04. The first-order valence-corrected chi connectivity index (χ1v) is 10.4. The van der Waals surface area contributed by atoms with Gasteiger partial charge in [-0.1, -0.05) is 27.2 Å². The van der Waals surface area contributed by atoms with E-state index in [2.05, 4.69) is 37.5 Å². The Morgan fingerprint density at radius 3 is 2.52 bits per heavy atom. The second-order valence-corrected chi connectivity index (χ2v) is 7.95. The zero-order chi connectivity index (χ0) is 21.1. The van der Waals surface area contributed by atoms with Gasteiger partial charge >= 0.3 is 0 Å². The van der Waals surface area contributed by atoms with Crippen LogP contribution >= 0.6 is 0 Å². The van der Waals surface area contributed by atoms with E-state index in [0.717, 1.165) is 46.4 Å². The minimum atomic E-state index is -0.261. The summed E-state index contributed by atoms with van der Waals surface area (Å²) in [7, 11) is 0. The maximum atomic E-state index is 13.9. The normalized spacial score (nSPS) is 12.3. The number of hydrogen-bond acceptors (Lipinski definition) is 2. The number of hydrogen-bond donors (Lipinski definition) is 0. The molecule has 4 heteroatoms. The molecule has 3 aromatic rings. The molecule has 0 N–H and O–H groups in total. The minimum Gasteiger partial charge on any atom is -0.494 e. The van der Waals surface area contributed by atoms with Crippen LogP contribution < -0.4 is 4.74 Å². The van der Waals surface area contributed by atoms with Gasteiger partial charge in [-0.25, -0.2) is 4.39 Å². The summed E-state index contributed by atoms with van der Waals surface area (Å²) in [5, 5.41) is 10.7. The van der Waals surface area contributed by atoms with Crippen LogP contribution in [-0.2, 0) is 0 Å². The van der Waals surface area contributed by atoms with Crippen LogP contribution in [0.2, 0.25) is 0 Å². The van der Waals surface area contributed by atoms with Gasteiger partial charge in [0.1, 0.15) is 11.6 Å². The molecule has 3 nitrogen and oxygen atoms in total. The van der Waals surface area contributed by atoms with E-state index in [1.54, 1.807) is 13.0 Å². The Labute approximate surface area is 172 Å². The van der Waals surface area contributed by atoms with Crippen LogP contribution in [-0.4, -0.2) is 11.2 Å². The minimum absolute atomic E-state index is 0.197. The van der Waals surface area contributed by atoms with Gasteiger partial charge in [0.05, 0.1) is 24.1 Å². The van der Waals surface area contributed by atoms with E-state index in [1.165, 1.54) is 6.07 Å². The van der Waals surface area contributed by atoms with Crippen molar-refractivity contribution in [2.75, 3.05) is 6.61 Å². The number of halogens is 1. The lowest BCUT2D eigenvalue weighted by Crippen LogP contribution is -2.06. The fraction of sp³-hybridized carbons (Fsp3) is 0.400. The largest absolute Gasteiger partial charge is 0.494 e. The van der Waals surface area contributed by atoms with E-state index >= 15 is 0 Å². The van der Waals surface area contributed by atoms with Crippen molar-refractivity contribution in [3.05, 3.63) is 59.0 Å². The zero-order valence-electron chi connectivity index (χ0n) is 17.9. The number of rotatable bonds is 7. The van der Waals surface area contributed by atoms with Crippen LogP contribution in [0.4, 0.5) is 4.39 Å². The van der Waals surface area contributed by atoms with Crippen LogP contribution in [0.5, 0.6) is 5.75 Å². The number of unbranched alkanes of at least 4 members (excludes halogenated alkanes) is 1. The molecule has 2 aromatic carbocycles. The Hall–Kier alpha value is -2.80. The second-order valence-electron chi connectivity index (χ2n) is 7.95. The first-order chi connectivity index (χ1) is 13.9. The molecule has 0 saturated heterocycles. The van der Waals surface area contributed by atoms with Gasteiger partial charge in [0.2, 0.25) is 0 Å². The van der Waals surface area contributed by atoms with Crippen molar-refractivity contribution in [2.45, 2.75) is 59.3 Å². The quantitative estimate of drug-likeness (QED) is 0.406. The van der Waals surface area contributed by atoms with Gasteiger partial charge in [-0.15, -0.1) is 0 Å². The SMILES string of the molecule is CCCCOc1ccc2c(c1)c(C(C)C#N)c(C(C)C)n2-c1ccc(F)c(C)c1. The molecule has 1 aromatic heterocycles. The molecule has 0 fully saturated rings. The third-order valence-electron chi connectivity index (χ3n) is 5.36. The average molecular weight is 393 g/mol. The van der Waals surface area contributed by atoms with E-state index in [0.29, 0.717) is 12.2 Å². The molecular formula is C25H29FN2O. The number of fused-ring (bicyclic) bond motifs is 1. The molecule has 0 radical (unpaired) electrons. The Bertz CT molecular complexity index is 1060. The van der Waals surface area contributed by atoms with Gasteiger partial charge in [-0.05, 0) is 73.7 Å². The summed E-state index contributed by atoms with van der Waals surface area (Å²) in [6, 6.07) is 13.7. The highest BCUT2D eigenvalue weighted by Gasteiger charge is 2.25. The molecule has 0 bridgehead atoms.